The van der Waals surface area contributed by atoms with Crippen molar-refractivity contribution in [2.75, 3.05) is 5.32 Å². The Labute approximate surface area is 107 Å². The third-order valence-corrected chi connectivity index (χ3v) is 3.48. The van der Waals surface area contributed by atoms with Crippen molar-refractivity contribution in [2.45, 2.75) is 33.2 Å². The first kappa shape index (κ1) is 13.8. The van der Waals surface area contributed by atoms with Crippen LogP contribution in [-0.4, -0.2) is 11.4 Å². The minimum absolute atomic E-state index is 0.144. The molecule has 94 valence electrons. The van der Waals surface area contributed by atoms with Crippen LogP contribution in [0.5, 0.6) is 0 Å². The van der Waals surface area contributed by atoms with Gasteiger partial charge in [0, 0.05) is 11.2 Å². The highest BCUT2D eigenvalue weighted by molar-refractivity contribution is 6.34. The van der Waals surface area contributed by atoms with Gasteiger partial charge in [-0.05, 0) is 31.9 Å². The van der Waals surface area contributed by atoms with Crippen molar-refractivity contribution < 1.29 is 4.79 Å². The van der Waals surface area contributed by atoms with E-state index < -0.39 is 5.91 Å². The first-order valence-electron chi connectivity index (χ1n) is 5.62. The largest absolute Gasteiger partial charge is 0.379 e. The zero-order valence-corrected chi connectivity index (χ0v) is 11.4. The van der Waals surface area contributed by atoms with Crippen molar-refractivity contribution in [2.24, 2.45) is 11.7 Å². The molecule has 1 amide bonds. The predicted octanol–water partition coefficient (Wildman–Crippen LogP) is 3.29. The van der Waals surface area contributed by atoms with Crippen LogP contribution in [0.1, 0.15) is 38.1 Å². The summed E-state index contributed by atoms with van der Waals surface area (Å²) in [6, 6.07) is 5.28. The highest BCUT2D eigenvalue weighted by atomic mass is 35.5. The summed E-state index contributed by atoms with van der Waals surface area (Å²) in [4.78, 5) is 11.4. The molecule has 1 aromatic carbocycles. The third-order valence-electron chi connectivity index (χ3n) is 3.16. The number of nitrogens with one attached hydrogen (secondary N) is 1. The van der Waals surface area contributed by atoms with Crippen molar-refractivity contribution in [1.29, 1.82) is 0 Å². The summed E-state index contributed by atoms with van der Waals surface area (Å²) in [5, 5.41) is 3.70. The molecule has 0 saturated heterocycles. The quantitative estimate of drug-likeness (QED) is 0.866. The minimum atomic E-state index is -0.516. The maximum atomic E-state index is 11.4. The molecule has 0 aliphatic rings. The molecule has 0 aliphatic carbocycles. The fourth-order valence-corrected chi connectivity index (χ4v) is 1.64. The maximum Gasteiger partial charge on any atom is 0.252 e. The summed E-state index contributed by atoms with van der Waals surface area (Å²) in [5.41, 5.74) is 6.24. The van der Waals surface area contributed by atoms with E-state index in [0.717, 1.165) is 0 Å². The average molecular weight is 255 g/mol. The lowest BCUT2D eigenvalue weighted by molar-refractivity contribution is 0.100. The van der Waals surface area contributed by atoms with E-state index in [1.165, 1.54) is 0 Å². The topological polar surface area (TPSA) is 55.1 Å². The molecule has 0 aromatic heterocycles. The van der Waals surface area contributed by atoms with Crippen LogP contribution < -0.4 is 11.1 Å². The summed E-state index contributed by atoms with van der Waals surface area (Å²) in [7, 11) is 0. The molecule has 17 heavy (non-hydrogen) atoms. The Morgan fingerprint density at radius 1 is 1.41 bits per heavy atom. The molecule has 3 N–H and O–H groups in total. The van der Waals surface area contributed by atoms with Gasteiger partial charge < -0.3 is 11.1 Å². The number of hydrogen-bond acceptors (Lipinski definition) is 2. The summed E-state index contributed by atoms with van der Waals surface area (Å²) in [6.07, 6.45) is 0. The molecule has 0 spiro atoms. The Morgan fingerprint density at radius 2 is 2.00 bits per heavy atom. The van der Waals surface area contributed by atoms with Gasteiger partial charge in [-0.25, -0.2) is 0 Å². The standard InChI is InChI=1S/C13H19ClN2O/c1-8(2)13(3,4)16-10-7-5-6-9(14)11(10)12(15)17/h5-8,16H,1-4H3,(H2,15,17). The number of nitrogens with two attached hydrogens (primary N) is 1. The molecule has 0 saturated carbocycles. The van der Waals surface area contributed by atoms with Gasteiger partial charge in [-0.3, -0.25) is 4.79 Å². The van der Waals surface area contributed by atoms with E-state index in [1.807, 2.05) is 6.07 Å². The van der Waals surface area contributed by atoms with Crippen molar-refractivity contribution in [3.63, 3.8) is 0 Å². The molecule has 4 heteroatoms. The van der Waals surface area contributed by atoms with Crippen molar-refractivity contribution in [1.82, 2.24) is 0 Å². The highest BCUT2D eigenvalue weighted by Gasteiger charge is 2.24. The first-order valence-corrected chi connectivity index (χ1v) is 6.00. The molecule has 1 aromatic rings. The van der Waals surface area contributed by atoms with Crippen molar-refractivity contribution in [3.05, 3.63) is 28.8 Å². The van der Waals surface area contributed by atoms with Crippen LogP contribution in [0.3, 0.4) is 0 Å². The first-order chi connectivity index (χ1) is 7.75. The van der Waals surface area contributed by atoms with E-state index in [0.29, 0.717) is 22.2 Å². The maximum absolute atomic E-state index is 11.4. The number of primary amides is 1. The lowest BCUT2D eigenvalue weighted by Crippen LogP contribution is -2.37. The smallest absolute Gasteiger partial charge is 0.252 e. The number of halogens is 1. The summed E-state index contributed by atoms with van der Waals surface area (Å²) in [5.74, 6) is -0.111. The summed E-state index contributed by atoms with van der Waals surface area (Å²) >= 11 is 5.99. The molecular weight excluding hydrogens is 236 g/mol. The van der Waals surface area contributed by atoms with Crippen LogP contribution in [0.4, 0.5) is 5.69 Å². The SMILES string of the molecule is CC(C)C(C)(C)Nc1cccc(Cl)c1C(N)=O. The van der Waals surface area contributed by atoms with E-state index in [2.05, 4.69) is 33.0 Å². The van der Waals surface area contributed by atoms with Crippen molar-refractivity contribution in [3.8, 4) is 0 Å². The molecule has 0 fully saturated rings. The van der Waals surface area contributed by atoms with Gasteiger partial charge in [0.2, 0.25) is 0 Å². The molecule has 0 aliphatic heterocycles. The number of hydrogen-bond donors (Lipinski definition) is 2. The average Bonchev–Trinajstić information content (AvgIpc) is 2.15. The number of anilines is 1. The van der Waals surface area contributed by atoms with Crippen LogP contribution in [0, 0.1) is 5.92 Å². The van der Waals surface area contributed by atoms with Gasteiger partial charge in [0.15, 0.2) is 0 Å². The van der Waals surface area contributed by atoms with Crippen LogP contribution >= 0.6 is 11.6 Å². The molecule has 0 unspecified atom stereocenters. The van der Waals surface area contributed by atoms with Gasteiger partial charge in [-0.2, -0.15) is 0 Å². The fourth-order valence-electron chi connectivity index (χ4n) is 1.37. The van der Waals surface area contributed by atoms with Crippen LogP contribution in [-0.2, 0) is 0 Å². The summed E-state index contributed by atoms with van der Waals surface area (Å²) < 4.78 is 0. The van der Waals surface area contributed by atoms with Gasteiger partial charge in [-0.15, -0.1) is 0 Å². The number of carbonyl (C=O) groups is 1. The number of carbonyl (C=O) groups excluding carboxylic acids is 1. The van der Waals surface area contributed by atoms with Crippen molar-refractivity contribution >= 4 is 23.2 Å². The monoisotopic (exact) mass is 254 g/mol. The Bertz CT molecular complexity index is 427. The minimum Gasteiger partial charge on any atom is -0.379 e. The molecule has 0 radical (unpaired) electrons. The van der Waals surface area contributed by atoms with Crippen LogP contribution in [0.2, 0.25) is 5.02 Å². The van der Waals surface area contributed by atoms with Crippen LogP contribution in [0.25, 0.3) is 0 Å². The van der Waals surface area contributed by atoms with E-state index in [-0.39, 0.29) is 5.54 Å². The second-order valence-electron chi connectivity index (χ2n) is 5.03. The fraction of sp³-hybridized carbons (Fsp3) is 0.462. The Balaban J connectivity index is 3.15. The van der Waals surface area contributed by atoms with Gasteiger partial charge in [0.1, 0.15) is 0 Å². The lowest BCUT2D eigenvalue weighted by Gasteiger charge is -2.32. The van der Waals surface area contributed by atoms with E-state index >= 15 is 0 Å². The second-order valence-corrected chi connectivity index (χ2v) is 5.44. The predicted molar refractivity (Wildman–Crippen MR) is 72.5 cm³/mol. The van der Waals surface area contributed by atoms with Gasteiger partial charge in [0.25, 0.3) is 5.91 Å². The van der Waals surface area contributed by atoms with Gasteiger partial charge >= 0.3 is 0 Å². The van der Waals surface area contributed by atoms with E-state index in [4.69, 9.17) is 17.3 Å². The molecule has 0 heterocycles. The molecule has 0 atom stereocenters. The molecular formula is C13H19ClN2O. The number of rotatable bonds is 4. The zero-order valence-electron chi connectivity index (χ0n) is 10.7. The van der Waals surface area contributed by atoms with E-state index in [9.17, 15) is 4.79 Å². The Hall–Kier alpha value is -1.22. The second kappa shape index (κ2) is 4.96. The molecule has 0 bridgehead atoms. The highest BCUT2D eigenvalue weighted by Crippen LogP contribution is 2.28. The molecule has 1 rings (SSSR count). The zero-order chi connectivity index (χ0) is 13.2. The molecule has 3 nitrogen and oxygen atoms in total. The summed E-state index contributed by atoms with van der Waals surface area (Å²) in [6.45, 7) is 8.37. The van der Waals surface area contributed by atoms with E-state index in [1.54, 1.807) is 12.1 Å². The Morgan fingerprint density at radius 3 is 2.47 bits per heavy atom. The number of amides is 1. The van der Waals surface area contributed by atoms with Crippen LogP contribution in [0.15, 0.2) is 18.2 Å². The van der Waals surface area contributed by atoms with Gasteiger partial charge in [0.05, 0.1) is 10.6 Å². The normalized spacial score (nSPS) is 11.6. The Kier molecular flexibility index (Phi) is 4.04. The number of benzene rings is 1. The lowest BCUT2D eigenvalue weighted by atomic mass is 9.90. The third kappa shape index (κ3) is 3.13. The van der Waals surface area contributed by atoms with Gasteiger partial charge in [-0.1, -0.05) is 31.5 Å².